The minimum absolute atomic E-state index is 0.523. The van der Waals surface area contributed by atoms with Crippen molar-refractivity contribution in [3.05, 3.63) is 29.3 Å². The minimum atomic E-state index is -0.887. The zero-order valence-corrected chi connectivity index (χ0v) is 11.1. The number of aryl methyl sites for hydroxylation is 1. The number of nitrogens with zero attached hydrogens (tertiary/aromatic N) is 1. The van der Waals surface area contributed by atoms with Crippen LogP contribution in [0.3, 0.4) is 0 Å². The van der Waals surface area contributed by atoms with E-state index >= 15 is 0 Å². The molecule has 0 aliphatic carbocycles. The van der Waals surface area contributed by atoms with Gasteiger partial charge in [0.2, 0.25) is 0 Å². The van der Waals surface area contributed by atoms with E-state index in [0.717, 1.165) is 11.3 Å². The molecule has 0 saturated heterocycles. The molecule has 1 rings (SSSR count). The highest BCUT2D eigenvalue weighted by atomic mass is 16.3. The number of nitriles is 1. The Hall–Kier alpha value is -1.53. The third-order valence-electron chi connectivity index (χ3n) is 3.36. The number of benzene rings is 1. The number of nitrogens with one attached hydrogen (secondary N) is 1. The minimum Gasteiger partial charge on any atom is -0.388 e. The summed E-state index contributed by atoms with van der Waals surface area (Å²) in [5, 5.41) is 22.5. The Balaban J connectivity index is 3.17. The monoisotopic (exact) mass is 232 g/mol. The van der Waals surface area contributed by atoms with E-state index in [4.69, 9.17) is 5.26 Å². The van der Waals surface area contributed by atoms with Gasteiger partial charge in [-0.25, -0.2) is 0 Å². The fourth-order valence-electron chi connectivity index (χ4n) is 1.39. The van der Waals surface area contributed by atoms with Crippen LogP contribution in [0.2, 0.25) is 0 Å². The highest BCUT2D eigenvalue weighted by Crippen LogP contribution is 2.29. The summed E-state index contributed by atoms with van der Waals surface area (Å²) in [6.45, 7) is 9.29. The van der Waals surface area contributed by atoms with Crippen molar-refractivity contribution in [1.29, 1.82) is 5.26 Å². The highest BCUT2D eigenvalue weighted by molar-refractivity contribution is 5.63. The van der Waals surface area contributed by atoms with Gasteiger partial charge in [0.25, 0.3) is 0 Å². The third-order valence-corrected chi connectivity index (χ3v) is 3.36. The van der Waals surface area contributed by atoms with E-state index in [-0.39, 0.29) is 0 Å². The van der Waals surface area contributed by atoms with E-state index in [1.165, 1.54) is 0 Å². The van der Waals surface area contributed by atoms with Gasteiger partial charge in [-0.15, -0.1) is 0 Å². The molecular formula is C14H20N2O. The van der Waals surface area contributed by atoms with Crippen molar-refractivity contribution in [2.45, 2.75) is 45.8 Å². The number of hydrogen-bond acceptors (Lipinski definition) is 3. The first-order valence-electron chi connectivity index (χ1n) is 5.69. The smallest absolute Gasteiger partial charge is 0.101 e. The lowest BCUT2D eigenvalue weighted by molar-refractivity contribution is 0.0240. The predicted octanol–water partition coefficient (Wildman–Crippen LogP) is 2.83. The first-order valence-corrected chi connectivity index (χ1v) is 5.69. The summed E-state index contributed by atoms with van der Waals surface area (Å²) in [7, 11) is 0. The molecule has 3 nitrogen and oxygen atoms in total. The van der Waals surface area contributed by atoms with Crippen LogP contribution in [-0.4, -0.2) is 16.2 Å². The molecule has 0 amide bonds. The second-order valence-electron chi connectivity index (χ2n) is 5.42. The van der Waals surface area contributed by atoms with Crippen LogP contribution in [-0.2, 0) is 0 Å². The van der Waals surface area contributed by atoms with Gasteiger partial charge in [0, 0.05) is 0 Å². The van der Waals surface area contributed by atoms with Crippen LogP contribution >= 0.6 is 0 Å². The van der Waals surface area contributed by atoms with Crippen LogP contribution < -0.4 is 5.32 Å². The second-order valence-corrected chi connectivity index (χ2v) is 5.42. The lowest BCUT2D eigenvalue weighted by atomic mass is 9.85. The standard InChI is InChI=1S/C14H20N2O/c1-10-7-6-8-11(9-15)12(10)16-13(2,3)14(4,5)17/h6-8,16-17H,1-5H3. The van der Waals surface area contributed by atoms with Gasteiger partial charge in [0.15, 0.2) is 0 Å². The first kappa shape index (κ1) is 13.5. The lowest BCUT2D eigenvalue weighted by Crippen LogP contribution is -2.51. The van der Waals surface area contributed by atoms with Crippen LogP contribution in [0.1, 0.15) is 38.8 Å². The molecule has 92 valence electrons. The van der Waals surface area contributed by atoms with E-state index < -0.39 is 11.1 Å². The molecule has 0 saturated carbocycles. The third kappa shape index (κ3) is 2.78. The van der Waals surface area contributed by atoms with E-state index in [2.05, 4.69) is 11.4 Å². The molecule has 0 fully saturated rings. The van der Waals surface area contributed by atoms with Crippen molar-refractivity contribution in [1.82, 2.24) is 0 Å². The van der Waals surface area contributed by atoms with E-state index in [0.29, 0.717) is 5.56 Å². The molecule has 1 aromatic rings. The lowest BCUT2D eigenvalue weighted by Gasteiger charge is -2.39. The van der Waals surface area contributed by atoms with Crippen molar-refractivity contribution < 1.29 is 5.11 Å². The Kier molecular flexibility index (Phi) is 3.49. The maximum absolute atomic E-state index is 10.1. The number of hydrogen-bond donors (Lipinski definition) is 2. The average molecular weight is 232 g/mol. The van der Waals surface area contributed by atoms with Gasteiger partial charge in [-0.05, 0) is 46.2 Å². The molecule has 0 aliphatic heterocycles. The molecule has 2 N–H and O–H groups in total. The van der Waals surface area contributed by atoms with Crippen LogP contribution in [0.15, 0.2) is 18.2 Å². The number of rotatable bonds is 3. The van der Waals surface area contributed by atoms with Gasteiger partial charge in [0.1, 0.15) is 6.07 Å². The van der Waals surface area contributed by atoms with E-state index in [1.54, 1.807) is 19.9 Å². The Labute approximate surface area is 103 Å². The zero-order valence-electron chi connectivity index (χ0n) is 11.1. The average Bonchev–Trinajstić information content (AvgIpc) is 2.19. The maximum Gasteiger partial charge on any atom is 0.101 e. The first-order chi connectivity index (χ1) is 7.69. The van der Waals surface area contributed by atoms with Crippen molar-refractivity contribution in [3.63, 3.8) is 0 Å². The van der Waals surface area contributed by atoms with Gasteiger partial charge in [-0.1, -0.05) is 12.1 Å². The van der Waals surface area contributed by atoms with Crippen molar-refractivity contribution in [2.75, 3.05) is 5.32 Å². The molecule has 17 heavy (non-hydrogen) atoms. The molecule has 3 heteroatoms. The predicted molar refractivity (Wildman–Crippen MR) is 69.9 cm³/mol. The molecule has 0 spiro atoms. The number of aliphatic hydroxyl groups is 1. The topological polar surface area (TPSA) is 56.0 Å². The van der Waals surface area contributed by atoms with Gasteiger partial charge in [-0.2, -0.15) is 5.26 Å². The fourth-order valence-corrected chi connectivity index (χ4v) is 1.39. The summed E-state index contributed by atoms with van der Waals surface area (Å²) in [5.41, 5.74) is 0.984. The Morgan fingerprint density at radius 3 is 2.29 bits per heavy atom. The van der Waals surface area contributed by atoms with Crippen molar-refractivity contribution >= 4 is 5.69 Å². The quantitative estimate of drug-likeness (QED) is 0.842. The molecule has 0 aromatic heterocycles. The number of para-hydroxylation sites is 1. The highest BCUT2D eigenvalue weighted by Gasteiger charge is 2.35. The molecule has 0 unspecified atom stereocenters. The van der Waals surface area contributed by atoms with Crippen molar-refractivity contribution in [3.8, 4) is 6.07 Å². The summed E-state index contributed by atoms with van der Waals surface area (Å²) in [6, 6.07) is 7.75. The maximum atomic E-state index is 10.1. The summed E-state index contributed by atoms with van der Waals surface area (Å²) >= 11 is 0. The largest absolute Gasteiger partial charge is 0.388 e. The summed E-state index contributed by atoms with van der Waals surface area (Å²) in [6.07, 6.45) is 0. The molecule has 0 aliphatic rings. The molecular weight excluding hydrogens is 212 g/mol. The Morgan fingerprint density at radius 2 is 1.82 bits per heavy atom. The summed E-state index contributed by atoms with van der Waals surface area (Å²) in [5.74, 6) is 0. The molecule has 0 heterocycles. The Bertz CT molecular complexity index is 450. The van der Waals surface area contributed by atoms with Gasteiger partial charge < -0.3 is 10.4 Å². The van der Waals surface area contributed by atoms with E-state index in [1.807, 2.05) is 32.9 Å². The van der Waals surface area contributed by atoms with Crippen LogP contribution in [0.25, 0.3) is 0 Å². The summed E-state index contributed by atoms with van der Waals surface area (Å²) < 4.78 is 0. The van der Waals surface area contributed by atoms with Crippen LogP contribution in [0.5, 0.6) is 0 Å². The molecule has 0 bridgehead atoms. The SMILES string of the molecule is Cc1cccc(C#N)c1NC(C)(C)C(C)(C)O. The normalized spacial score (nSPS) is 12.1. The van der Waals surface area contributed by atoms with E-state index in [9.17, 15) is 5.11 Å². The fraction of sp³-hybridized carbons (Fsp3) is 0.500. The van der Waals surface area contributed by atoms with Crippen LogP contribution in [0.4, 0.5) is 5.69 Å². The van der Waals surface area contributed by atoms with Gasteiger partial charge in [0.05, 0.1) is 22.4 Å². The summed E-state index contributed by atoms with van der Waals surface area (Å²) in [4.78, 5) is 0. The molecule has 1 aromatic carbocycles. The van der Waals surface area contributed by atoms with Gasteiger partial charge >= 0.3 is 0 Å². The second kappa shape index (κ2) is 4.38. The van der Waals surface area contributed by atoms with Crippen molar-refractivity contribution in [2.24, 2.45) is 0 Å². The van der Waals surface area contributed by atoms with Gasteiger partial charge in [-0.3, -0.25) is 0 Å². The number of anilines is 1. The molecule has 0 atom stereocenters. The molecule has 0 radical (unpaired) electrons. The Morgan fingerprint density at radius 1 is 1.24 bits per heavy atom. The van der Waals surface area contributed by atoms with Crippen LogP contribution in [0, 0.1) is 18.3 Å². The zero-order chi connectivity index (χ0) is 13.3.